The molecule has 0 saturated heterocycles. The maximum absolute atomic E-state index is 13.4. The Morgan fingerprint density at radius 3 is 2.40 bits per heavy atom. The average Bonchev–Trinajstić information content (AvgIpc) is 2.69. The van der Waals surface area contributed by atoms with E-state index in [-0.39, 0.29) is 11.3 Å². The molecular weight excluding hydrogens is 204 g/mol. The molecule has 6 heteroatoms. The maximum atomic E-state index is 13.4. The Kier molecular flexibility index (Phi) is 2.24. The second kappa shape index (κ2) is 3.56. The van der Waals surface area contributed by atoms with E-state index in [0.717, 1.165) is 23.1 Å². The van der Waals surface area contributed by atoms with Gasteiger partial charge in [0.25, 0.3) is 0 Å². The number of halogens is 2. The summed E-state index contributed by atoms with van der Waals surface area (Å²) in [6.07, 6.45) is 2.70. The number of carbonyl (C=O) groups excluding carboxylic acids is 1. The predicted octanol–water partition coefficient (Wildman–Crippen LogP) is 1.36. The molecule has 0 atom stereocenters. The molecule has 0 spiro atoms. The molecule has 0 aliphatic rings. The number of carbonyl (C=O) groups is 1. The fourth-order valence-corrected chi connectivity index (χ4v) is 1.20. The quantitative estimate of drug-likeness (QED) is 0.701. The lowest BCUT2D eigenvalue weighted by Gasteiger charge is -2.04. The first-order valence-electron chi connectivity index (χ1n) is 4.01. The minimum atomic E-state index is -0.859. The van der Waals surface area contributed by atoms with Crippen LogP contribution in [0.5, 0.6) is 0 Å². The van der Waals surface area contributed by atoms with Crippen molar-refractivity contribution in [1.29, 1.82) is 0 Å². The van der Waals surface area contributed by atoms with Gasteiger partial charge >= 0.3 is 0 Å². The molecule has 0 radical (unpaired) electrons. The number of hydrogen-bond donors (Lipinski definition) is 0. The van der Waals surface area contributed by atoms with Crippen LogP contribution in [-0.2, 0) is 0 Å². The fraction of sp³-hybridized carbons (Fsp3) is 0. The summed E-state index contributed by atoms with van der Waals surface area (Å²) in [6, 6.07) is 1.88. The van der Waals surface area contributed by atoms with Gasteiger partial charge in [-0.05, 0) is 12.1 Å². The summed E-state index contributed by atoms with van der Waals surface area (Å²) in [7, 11) is 0. The van der Waals surface area contributed by atoms with Gasteiger partial charge in [0.05, 0.1) is 0 Å². The molecule has 0 amide bonds. The Hall–Kier alpha value is -2.11. The third-order valence-electron chi connectivity index (χ3n) is 1.82. The van der Waals surface area contributed by atoms with Crippen LogP contribution in [0.25, 0.3) is 5.69 Å². The fourth-order valence-electron chi connectivity index (χ4n) is 1.20. The van der Waals surface area contributed by atoms with Gasteiger partial charge in [-0.3, -0.25) is 4.79 Å². The third kappa shape index (κ3) is 1.61. The zero-order chi connectivity index (χ0) is 10.8. The zero-order valence-electron chi connectivity index (χ0n) is 7.39. The van der Waals surface area contributed by atoms with E-state index in [9.17, 15) is 13.6 Å². The topological polar surface area (TPSA) is 47.8 Å². The van der Waals surface area contributed by atoms with E-state index in [2.05, 4.69) is 10.1 Å². The van der Waals surface area contributed by atoms with E-state index in [1.54, 1.807) is 0 Å². The number of aldehydes is 1. The van der Waals surface area contributed by atoms with Crippen molar-refractivity contribution in [3.05, 3.63) is 42.0 Å². The SMILES string of the molecule is O=Cc1cc(F)c(-n2cncn2)c(F)c1. The van der Waals surface area contributed by atoms with Gasteiger partial charge in [0, 0.05) is 5.56 Å². The molecule has 1 aromatic heterocycles. The van der Waals surface area contributed by atoms with Gasteiger partial charge in [0.15, 0.2) is 11.6 Å². The van der Waals surface area contributed by atoms with Crippen molar-refractivity contribution in [2.75, 3.05) is 0 Å². The molecule has 1 aromatic carbocycles. The van der Waals surface area contributed by atoms with Gasteiger partial charge in [-0.2, -0.15) is 5.10 Å². The summed E-state index contributed by atoms with van der Waals surface area (Å²) in [5.41, 5.74) is -0.410. The summed E-state index contributed by atoms with van der Waals surface area (Å²) in [5, 5.41) is 3.60. The molecule has 2 rings (SSSR count). The van der Waals surface area contributed by atoms with E-state index in [1.807, 2.05) is 0 Å². The normalized spacial score (nSPS) is 10.3. The van der Waals surface area contributed by atoms with Crippen molar-refractivity contribution in [2.45, 2.75) is 0 Å². The molecule has 0 bridgehead atoms. The van der Waals surface area contributed by atoms with Gasteiger partial charge in [-0.25, -0.2) is 18.4 Å². The lowest BCUT2D eigenvalue weighted by atomic mass is 10.2. The lowest BCUT2D eigenvalue weighted by Crippen LogP contribution is -2.03. The largest absolute Gasteiger partial charge is 0.298 e. The second-order valence-electron chi connectivity index (χ2n) is 2.79. The molecule has 4 nitrogen and oxygen atoms in total. The highest BCUT2D eigenvalue weighted by Crippen LogP contribution is 2.17. The number of nitrogens with zero attached hydrogens (tertiary/aromatic N) is 3. The first-order chi connectivity index (χ1) is 7.22. The van der Waals surface area contributed by atoms with Gasteiger partial charge in [0.2, 0.25) is 0 Å². The molecule has 1 heterocycles. The summed E-state index contributed by atoms with van der Waals surface area (Å²) in [5.74, 6) is -1.72. The summed E-state index contributed by atoms with van der Waals surface area (Å²) in [4.78, 5) is 13.9. The van der Waals surface area contributed by atoms with E-state index in [4.69, 9.17) is 0 Å². The predicted molar refractivity (Wildman–Crippen MR) is 46.7 cm³/mol. The van der Waals surface area contributed by atoms with Gasteiger partial charge in [-0.15, -0.1) is 0 Å². The molecule has 0 aliphatic carbocycles. The molecule has 0 unspecified atom stereocenters. The zero-order valence-corrected chi connectivity index (χ0v) is 7.39. The first-order valence-corrected chi connectivity index (χ1v) is 4.01. The van der Waals surface area contributed by atoms with E-state index in [1.165, 1.54) is 6.33 Å². The van der Waals surface area contributed by atoms with Crippen molar-refractivity contribution in [3.8, 4) is 5.69 Å². The van der Waals surface area contributed by atoms with Crippen molar-refractivity contribution < 1.29 is 13.6 Å². The molecule has 0 aliphatic heterocycles. The lowest BCUT2D eigenvalue weighted by molar-refractivity contribution is 0.112. The number of benzene rings is 1. The van der Waals surface area contributed by atoms with Crippen molar-refractivity contribution in [3.63, 3.8) is 0 Å². The van der Waals surface area contributed by atoms with Crippen molar-refractivity contribution in [2.24, 2.45) is 0 Å². The van der Waals surface area contributed by atoms with E-state index in [0.29, 0.717) is 6.29 Å². The second-order valence-corrected chi connectivity index (χ2v) is 2.79. The smallest absolute Gasteiger partial charge is 0.152 e. The van der Waals surface area contributed by atoms with Gasteiger partial charge in [0.1, 0.15) is 24.6 Å². The van der Waals surface area contributed by atoms with Crippen LogP contribution in [0.1, 0.15) is 10.4 Å². The van der Waals surface area contributed by atoms with Crippen LogP contribution in [0.15, 0.2) is 24.8 Å². The highest BCUT2D eigenvalue weighted by Gasteiger charge is 2.13. The minimum Gasteiger partial charge on any atom is -0.298 e. The van der Waals surface area contributed by atoms with Crippen LogP contribution in [0.4, 0.5) is 8.78 Å². The summed E-state index contributed by atoms with van der Waals surface area (Å²) >= 11 is 0. The Bertz CT molecular complexity index is 473. The van der Waals surface area contributed by atoms with Crippen LogP contribution < -0.4 is 0 Å². The van der Waals surface area contributed by atoms with Crippen LogP contribution >= 0.6 is 0 Å². The third-order valence-corrected chi connectivity index (χ3v) is 1.82. The minimum absolute atomic E-state index is 0.0612. The molecule has 15 heavy (non-hydrogen) atoms. The molecule has 0 N–H and O–H groups in total. The Labute approximate surface area is 83.2 Å². The first kappa shape index (κ1) is 9.45. The number of rotatable bonds is 2. The molecule has 2 aromatic rings. The van der Waals surface area contributed by atoms with Crippen LogP contribution in [-0.4, -0.2) is 21.1 Å². The highest BCUT2D eigenvalue weighted by molar-refractivity contribution is 5.75. The van der Waals surface area contributed by atoms with E-state index < -0.39 is 11.6 Å². The maximum Gasteiger partial charge on any atom is 0.152 e. The monoisotopic (exact) mass is 209 g/mol. The van der Waals surface area contributed by atoms with Crippen LogP contribution in [0.3, 0.4) is 0 Å². The Morgan fingerprint density at radius 2 is 1.93 bits per heavy atom. The summed E-state index contributed by atoms with van der Waals surface area (Å²) in [6.45, 7) is 0. The molecule has 76 valence electrons. The summed E-state index contributed by atoms with van der Waals surface area (Å²) < 4.78 is 27.7. The molecule has 0 fully saturated rings. The Balaban J connectivity index is 2.63. The number of hydrogen-bond acceptors (Lipinski definition) is 3. The van der Waals surface area contributed by atoms with Gasteiger partial charge < -0.3 is 0 Å². The Morgan fingerprint density at radius 1 is 1.27 bits per heavy atom. The van der Waals surface area contributed by atoms with Crippen molar-refractivity contribution in [1.82, 2.24) is 14.8 Å². The van der Waals surface area contributed by atoms with Crippen LogP contribution in [0, 0.1) is 11.6 Å². The van der Waals surface area contributed by atoms with Crippen LogP contribution in [0.2, 0.25) is 0 Å². The average molecular weight is 209 g/mol. The van der Waals surface area contributed by atoms with Crippen molar-refractivity contribution >= 4 is 6.29 Å². The van der Waals surface area contributed by atoms with Gasteiger partial charge in [-0.1, -0.05) is 0 Å². The number of aromatic nitrogens is 3. The molecular formula is C9H5F2N3O. The molecule has 0 saturated carbocycles. The standard InChI is InChI=1S/C9H5F2N3O/c10-7-1-6(3-15)2-8(11)9(7)14-5-12-4-13-14/h1-5H. The highest BCUT2D eigenvalue weighted by atomic mass is 19.1. The van der Waals surface area contributed by atoms with E-state index >= 15 is 0 Å².